The van der Waals surface area contributed by atoms with Gasteiger partial charge in [-0.15, -0.1) is 0 Å². The number of rotatable bonds is 4. The number of para-hydroxylation sites is 1. The zero-order valence-electron chi connectivity index (χ0n) is 16.4. The Bertz CT molecular complexity index is 1370. The van der Waals surface area contributed by atoms with Gasteiger partial charge in [0.05, 0.1) is 22.9 Å². The number of fused-ring (bicyclic) bond motifs is 2. The lowest BCUT2D eigenvalue weighted by Gasteiger charge is -2.08. The number of nitrogens with one attached hydrogen (secondary N) is 1. The van der Waals surface area contributed by atoms with E-state index in [9.17, 15) is 0 Å². The molecule has 0 saturated heterocycles. The minimum absolute atomic E-state index is 0.461. The van der Waals surface area contributed by atoms with Gasteiger partial charge in [-0.1, -0.05) is 60.2 Å². The number of benzene rings is 3. The fraction of sp³-hybridized carbons (Fsp3) is 0.0400. The van der Waals surface area contributed by atoms with Gasteiger partial charge in [-0.2, -0.15) is 5.10 Å². The SMILES string of the molecule is Cc1ccc(-c2nc(NN=Cc3ccc4ncccc4c3)nc3ccccc23)cc1. The molecule has 0 aliphatic carbocycles. The molecule has 0 fully saturated rings. The summed E-state index contributed by atoms with van der Waals surface area (Å²) in [6, 6.07) is 26.3. The number of aromatic nitrogens is 3. The van der Waals surface area contributed by atoms with Gasteiger partial charge in [0.25, 0.3) is 0 Å². The van der Waals surface area contributed by atoms with Crippen LogP contribution in [0.15, 0.2) is 90.2 Å². The van der Waals surface area contributed by atoms with E-state index in [-0.39, 0.29) is 0 Å². The number of pyridine rings is 1. The Morgan fingerprint density at radius 1 is 0.833 bits per heavy atom. The Balaban J connectivity index is 1.48. The summed E-state index contributed by atoms with van der Waals surface area (Å²) in [5.74, 6) is 0.461. The summed E-state index contributed by atoms with van der Waals surface area (Å²) in [6.07, 6.45) is 3.55. The van der Waals surface area contributed by atoms with E-state index in [4.69, 9.17) is 4.98 Å². The minimum Gasteiger partial charge on any atom is -0.256 e. The fourth-order valence-electron chi connectivity index (χ4n) is 3.40. The Labute approximate surface area is 174 Å². The zero-order valence-corrected chi connectivity index (χ0v) is 16.4. The first-order chi connectivity index (χ1) is 14.8. The van der Waals surface area contributed by atoms with E-state index in [0.717, 1.165) is 38.6 Å². The molecule has 0 bridgehead atoms. The molecular formula is C25H19N5. The second-order valence-corrected chi connectivity index (χ2v) is 7.10. The largest absolute Gasteiger partial charge is 0.256 e. The van der Waals surface area contributed by atoms with Gasteiger partial charge in [-0.05, 0) is 36.8 Å². The quantitative estimate of drug-likeness (QED) is 0.321. The zero-order chi connectivity index (χ0) is 20.3. The normalized spacial score (nSPS) is 11.4. The molecule has 30 heavy (non-hydrogen) atoms. The van der Waals surface area contributed by atoms with Crippen LogP contribution in [-0.4, -0.2) is 21.2 Å². The van der Waals surface area contributed by atoms with Gasteiger partial charge in [0.2, 0.25) is 5.95 Å². The molecule has 2 heterocycles. The summed E-state index contributed by atoms with van der Waals surface area (Å²) in [7, 11) is 0. The lowest BCUT2D eigenvalue weighted by Crippen LogP contribution is -1.99. The average Bonchev–Trinajstić information content (AvgIpc) is 2.79. The highest BCUT2D eigenvalue weighted by Gasteiger charge is 2.09. The van der Waals surface area contributed by atoms with Crippen LogP contribution in [0.4, 0.5) is 5.95 Å². The van der Waals surface area contributed by atoms with Crippen LogP contribution in [0.2, 0.25) is 0 Å². The third kappa shape index (κ3) is 3.61. The van der Waals surface area contributed by atoms with E-state index in [0.29, 0.717) is 5.95 Å². The van der Waals surface area contributed by atoms with Gasteiger partial charge in [0.15, 0.2) is 0 Å². The first-order valence-electron chi connectivity index (χ1n) is 9.74. The van der Waals surface area contributed by atoms with Crippen LogP contribution in [0.3, 0.4) is 0 Å². The summed E-state index contributed by atoms with van der Waals surface area (Å²) in [5.41, 5.74) is 8.94. The molecule has 5 heteroatoms. The van der Waals surface area contributed by atoms with Crippen molar-refractivity contribution >= 4 is 34.0 Å². The molecule has 5 nitrogen and oxygen atoms in total. The second kappa shape index (κ2) is 7.72. The molecule has 2 aromatic heterocycles. The van der Waals surface area contributed by atoms with Crippen molar-refractivity contribution < 1.29 is 0 Å². The van der Waals surface area contributed by atoms with Crippen molar-refractivity contribution in [3.05, 3.63) is 96.2 Å². The highest BCUT2D eigenvalue weighted by molar-refractivity contribution is 5.93. The fourth-order valence-corrected chi connectivity index (χ4v) is 3.40. The number of hydrogen-bond donors (Lipinski definition) is 1. The molecule has 5 aromatic rings. The molecule has 3 aromatic carbocycles. The number of hydrogen-bond acceptors (Lipinski definition) is 5. The summed E-state index contributed by atoms with van der Waals surface area (Å²) in [6.45, 7) is 2.08. The van der Waals surface area contributed by atoms with Crippen molar-refractivity contribution in [2.45, 2.75) is 6.92 Å². The molecule has 0 spiro atoms. The molecule has 0 amide bonds. The van der Waals surface area contributed by atoms with Crippen molar-refractivity contribution in [1.82, 2.24) is 15.0 Å². The van der Waals surface area contributed by atoms with Gasteiger partial charge in [0, 0.05) is 22.5 Å². The Morgan fingerprint density at radius 2 is 1.70 bits per heavy atom. The van der Waals surface area contributed by atoms with E-state index in [2.05, 4.69) is 51.7 Å². The molecule has 0 atom stereocenters. The van der Waals surface area contributed by atoms with Gasteiger partial charge in [-0.3, -0.25) is 4.98 Å². The first-order valence-corrected chi connectivity index (χ1v) is 9.74. The maximum atomic E-state index is 4.74. The van der Waals surface area contributed by atoms with Gasteiger partial charge in [-0.25, -0.2) is 15.4 Å². The number of aryl methyl sites for hydroxylation is 1. The van der Waals surface area contributed by atoms with Crippen molar-refractivity contribution in [3.8, 4) is 11.3 Å². The summed E-state index contributed by atoms with van der Waals surface area (Å²) < 4.78 is 0. The second-order valence-electron chi connectivity index (χ2n) is 7.10. The number of hydrazone groups is 1. The summed E-state index contributed by atoms with van der Waals surface area (Å²) in [5, 5.41) is 6.44. The summed E-state index contributed by atoms with van der Waals surface area (Å²) in [4.78, 5) is 13.7. The minimum atomic E-state index is 0.461. The summed E-state index contributed by atoms with van der Waals surface area (Å²) >= 11 is 0. The van der Waals surface area contributed by atoms with E-state index in [1.165, 1.54) is 5.56 Å². The molecule has 0 unspecified atom stereocenters. The Kier molecular flexibility index (Phi) is 4.62. The molecule has 0 aliphatic rings. The van der Waals surface area contributed by atoms with Crippen LogP contribution >= 0.6 is 0 Å². The monoisotopic (exact) mass is 389 g/mol. The number of anilines is 1. The molecule has 144 valence electrons. The maximum Gasteiger partial charge on any atom is 0.244 e. The topological polar surface area (TPSA) is 63.1 Å². The lowest BCUT2D eigenvalue weighted by atomic mass is 10.1. The van der Waals surface area contributed by atoms with Gasteiger partial charge < -0.3 is 0 Å². The van der Waals surface area contributed by atoms with E-state index >= 15 is 0 Å². The maximum absolute atomic E-state index is 4.74. The third-order valence-electron chi connectivity index (χ3n) is 4.93. The predicted octanol–water partition coefficient (Wildman–Crippen LogP) is 5.60. The third-order valence-corrected chi connectivity index (χ3v) is 4.93. The smallest absolute Gasteiger partial charge is 0.244 e. The Morgan fingerprint density at radius 3 is 2.60 bits per heavy atom. The van der Waals surface area contributed by atoms with Crippen LogP contribution in [-0.2, 0) is 0 Å². The van der Waals surface area contributed by atoms with Crippen molar-refractivity contribution in [2.75, 3.05) is 5.43 Å². The molecule has 1 N–H and O–H groups in total. The highest BCUT2D eigenvalue weighted by Crippen LogP contribution is 2.27. The van der Waals surface area contributed by atoms with E-state index in [1.807, 2.05) is 54.6 Å². The van der Waals surface area contributed by atoms with Crippen molar-refractivity contribution in [2.24, 2.45) is 5.10 Å². The first kappa shape index (κ1) is 17.9. The highest BCUT2D eigenvalue weighted by atomic mass is 15.3. The van der Waals surface area contributed by atoms with Crippen LogP contribution in [0.25, 0.3) is 33.1 Å². The molecular weight excluding hydrogens is 370 g/mol. The average molecular weight is 389 g/mol. The molecule has 5 rings (SSSR count). The molecule has 0 radical (unpaired) electrons. The standard InChI is InChI=1S/C25H19N5/c1-17-8-11-19(12-9-17)24-21-6-2-3-7-23(21)28-25(29-24)30-27-16-18-10-13-22-20(15-18)5-4-14-26-22/h2-16H,1H3,(H,28,29,30). The van der Waals surface area contributed by atoms with Crippen LogP contribution in [0.5, 0.6) is 0 Å². The van der Waals surface area contributed by atoms with Crippen molar-refractivity contribution in [1.29, 1.82) is 0 Å². The van der Waals surface area contributed by atoms with E-state index < -0.39 is 0 Å². The van der Waals surface area contributed by atoms with E-state index in [1.54, 1.807) is 12.4 Å². The van der Waals surface area contributed by atoms with Gasteiger partial charge >= 0.3 is 0 Å². The van der Waals surface area contributed by atoms with Crippen LogP contribution in [0.1, 0.15) is 11.1 Å². The van der Waals surface area contributed by atoms with Crippen LogP contribution in [0, 0.1) is 6.92 Å². The lowest BCUT2D eigenvalue weighted by molar-refractivity contribution is 1.16. The number of nitrogens with zero attached hydrogens (tertiary/aromatic N) is 4. The Hall–Kier alpha value is -4.12. The molecule has 0 aliphatic heterocycles. The van der Waals surface area contributed by atoms with Crippen molar-refractivity contribution in [3.63, 3.8) is 0 Å². The molecule has 0 saturated carbocycles. The van der Waals surface area contributed by atoms with Gasteiger partial charge in [0.1, 0.15) is 0 Å². The predicted molar refractivity (Wildman–Crippen MR) is 123 cm³/mol. The van der Waals surface area contributed by atoms with Crippen LogP contribution < -0.4 is 5.43 Å².